The molecule has 0 aliphatic heterocycles. The number of benzene rings is 1. The molecule has 1 aromatic carbocycles. The first-order valence-electron chi connectivity index (χ1n) is 5.86. The molecule has 0 fully saturated rings. The molecule has 2 rings (SSSR count). The molecule has 0 saturated heterocycles. The van der Waals surface area contributed by atoms with Gasteiger partial charge in [-0.1, -0.05) is 12.1 Å². The van der Waals surface area contributed by atoms with Gasteiger partial charge in [-0.05, 0) is 37.6 Å². The predicted molar refractivity (Wildman–Crippen MR) is 67.6 cm³/mol. The van der Waals surface area contributed by atoms with E-state index in [9.17, 15) is 9.50 Å². The summed E-state index contributed by atoms with van der Waals surface area (Å²) in [5.74, 6) is -0.300. The fourth-order valence-corrected chi connectivity index (χ4v) is 2.09. The second-order valence-corrected chi connectivity index (χ2v) is 4.86. The van der Waals surface area contributed by atoms with Crippen molar-refractivity contribution >= 4 is 0 Å². The third-order valence-corrected chi connectivity index (χ3v) is 3.09. The number of rotatable bonds is 3. The lowest BCUT2D eigenvalue weighted by Crippen LogP contribution is -2.25. The van der Waals surface area contributed by atoms with Crippen LogP contribution in [-0.2, 0) is 19.1 Å². The molecule has 18 heavy (non-hydrogen) atoms. The van der Waals surface area contributed by atoms with Crippen molar-refractivity contribution in [2.75, 3.05) is 0 Å². The van der Waals surface area contributed by atoms with Gasteiger partial charge in [0.05, 0.1) is 11.3 Å². The maximum atomic E-state index is 12.9. The first-order valence-corrected chi connectivity index (χ1v) is 5.86. The average Bonchev–Trinajstić information content (AvgIpc) is 2.57. The summed E-state index contributed by atoms with van der Waals surface area (Å²) < 4.78 is 14.6. The van der Waals surface area contributed by atoms with Crippen LogP contribution in [0.15, 0.2) is 30.3 Å². The Hall–Kier alpha value is -1.68. The van der Waals surface area contributed by atoms with E-state index in [1.807, 2.05) is 20.0 Å². The van der Waals surface area contributed by atoms with Crippen LogP contribution < -0.4 is 0 Å². The van der Waals surface area contributed by atoms with Crippen molar-refractivity contribution < 1.29 is 9.50 Å². The zero-order chi connectivity index (χ0) is 13.3. The summed E-state index contributed by atoms with van der Waals surface area (Å²) in [6.45, 7) is 3.64. The van der Waals surface area contributed by atoms with Crippen LogP contribution in [0.25, 0.3) is 0 Å². The van der Waals surface area contributed by atoms with Crippen molar-refractivity contribution in [1.82, 2.24) is 9.78 Å². The highest BCUT2D eigenvalue weighted by molar-refractivity contribution is 5.25. The number of aliphatic hydroxyl groups is 1. The molecule has 1 aromatic heterocycles. The van der Waals surface area contributed by atoms with Gasteiger partial charge >= 0.3 is 0 Å². The number of aromatic nitrogens is 2. The Morgan fingerprint density at radius 1 is 1.33 bits per heavy atom. The molecule has 3 nitrogen and oxygen atoms in total. The summed E-state index contributed by atoms with van der Waals surface area (Å²) in [7, 11) is 1.85. The SMILES string of the molecule is Cc1cc(CC(C)(O)c2ccc(F)cc2)n(C)n1. The molecule has 0 radical (unpaired) electrons. The van der Waals surface area contributed by atoms with E-state index in [1.165, 1.54) is 12.1 Å². The van der Waals surface area contributed by atoms with Crippen LogP contribution >= 0.6 is 0 Å². The van der Waals surface area contributed by atoms with Gasteiger partial charge in [0, 0.05) is 19.2 Å². The Morgan fingerprint density at radius 2 is 1.94 bits per heavy atom. The van der Waals surface area contributed by atoms with E-state index in [0.717, 1.165) is 11.4 Å². The third-order valence-electron chi connectivity index (χ3n) is 3.09. The van der Waals surface area contributed by atoms with Crippen LogP contribution in [0, 0.1) is 12.7 Å². The van der Waals surface area contributed by atoms with E-state index in [4.69, 9.17) is 0 Å². The molecular weight excluding hydrogens is 231 g/mol. The van der Waals surface area contributed by atoms with Gasteiger partial charge in [-0.15, -0.1) is 0 Å². The van der Waals surface area contributed by atoms with Crippen molar-refractivity contribution in [2.45, 2.75) is 25.9 Å². The van der Waals surface area contributed by atoms with Crippen LogP contribution in [0.4, 0.5) is 4.39 Å². The van der Waals surface area contributed by atoms with Gasteiger partial charge in [0.15, 0.2) is 0 Å². The first kappa shape index (κ1) is 12.8. The van der Waals surface area contributed by atoms with E-state index in [0.29, 0.717) is 12.0 Å². The lowest BCUT2D eigenvalue weighted by molar-refractivity contribution is 0.0555. The molecule has 0 spiro atoms. The van der Waals surface area contributed by atoms with E-state index in [-0.39, 0.29) is 5.82 Å². The average molecular weight is 248 g/mol. The Labute approximate surface area is 106 Å². The molecule has 0 aliphatic rings. The van der Waals surface area contributed by atoms with Gasteiger partial charge in [-0.3, -0.25) is 4.68 Å². The zero-order valence-electron chi connectivity index (χ0n) is 10.8. The molecule has 2 aromatic rings. The molecule has 1 heterocycles. The quantitative estimate of drug-likeness (QED) is 0.905. The molecule has 1 unspecified atom stereocenters. The van der Waals surface area contributed by atoms with Crippen molar-refractivity contribution in [3.63, 3.8) is 0 Å². The summed E-state index contributed by atoms with van der Waals surface area (Å²) in [4.78, 5) is 0. The zero-order valence-corrected chi connectivity index (χ0v) is 10.8. The van der Waals surface area contributed by atoms with E-state index >= 15 is 0 Å². The number of hydrogen-bond acceptors (Lipinski definition) is 2. The van der Waals surface area contributed by atoms with Gasteiger partial charge in [-0.2, -0.15) is 5.10 Å². The van der Waals surface area contributed by atoms with Crippen molar-refractivity contribution in [2.24, 2.45) is 7.05 Å². The van der Waals surface area contributed by atoms with Gasteiger partial charge in [0.1, 0.15) is 5.82 Å². The van der Waals surface area contributed by atoms with E-state index < -0.39 is 5.60 Å². The second kappa shape index (κ2) is 4.53. The molecule has 0 bridgehead atoms. The summed E-state index contributed by atoms with van der Waals surface area (Å²) in [5, 5.41) is 14.7. The molecular formula is C14H17FN2O. The molecule has 1 atom stereocenters. The number of nitrogens with zero attached hydrogens (tertiary/aromatic N) is 2. The highest BCUT2D eigenvalue weighted by Gasteiger charge is 2.25. The van der Waals surface area contributed by atoms with Crippen LogP contribution in [0.1, 0.15) is 23.9 Å². The Kier molecular flexibility index (Phi) is 3.22. The van der Waals surface area contributed by atoms with Crippen LogP contribution in [-0.4, -0.2) is 14.9 Å². The van der Waals surface area contributed by atoms with Crippen LogP contribution in [0.5, 0.6) is 0 Å². The molecule has 0 aliphatic carbocycles. The topological polar surface area (TPSA) is 38.0 Å². The van der Waals surface area contributed by atoms with Gasteiger partial charge in [-0.25, -0.2) is 4.39 Å². The van der Waals surface area contributed by atoms with Gasteiger partial charge in [0.25, 0.3) is 0 Å². The largest absolute Gasteiger partial charge is 0.385 e. The maximum Gasteiger partial charge on any atom is 0.123 e. The molecule has 1 N–H and O–H groups in total. The van der Waals surface area contributed by atoms with Crippen molar-refractivity contribution in [3.8, 4) is 0 Å². The minimum atomic E-state index is -1.03. The van der Waals surface area contributed by atoms with Crippen LogP contribution in [0.3, 0.4) is 0 Å². The molecule has 96 valence electrons. The van der Waals surface area contributed by atoms with E-state index in [2.05, 4.69) is 5.10 Å². The fraction of sp³-hybridized carbons (Fsp3) is 0.357. The maximum absolute atomic E-state index is 12.9. The normalized spacial score (nSPS) is 14.5. The fourth-order valence-electron chi connectivity index (χ4n) is 2.09. The van der Waals surface area contributed by atoms with Crippen LogP contribution in [0.2, 0.25) is 0 Å². The molecule has 0 amide bonds. The monoisotopic (exact) mass is 248 g/mol. The second-order valence-electron chi connectivity index (χ2n) is 4.86. The number of aryl methyl sites for hydroxylation is 2. The summed E-state index contributed by atoms with van der Waals surface area (Å²) >= 11 is 0. The van der Waals surface area contributed by atoms with Crippen molar-refractivity contribution in [3.05, 3.63) is 53.1 Å². The minimum absolute atomic E-state index is 0.300. The lowest BCUT2D eigenvalue weighted by Gasteiger charge is -2.23. The third kappa shape index (κ3) is 2.59. The highest BCUT2D eigenvalue weighted by Crippen LogP contribution is 2.25. The smallest absolute Gasteiger partial charge is 0.123 e. The van der Waals surface area contributed by atoms with Gasteiger partial charge in [0.2, 0.25) is 0 Å². The summed E-state index contributed by atoms with van der Waals surface area (Å²) in [6.07, 6.45) is 0.440. The number of hydrogen-bond donors (Lipinski definition) is 1. The Bertz CT molecular complexity index is 543. The summed E-state index contributed by atoms with van der Waals surface area (Å²) in [6, 6.07) is 7.88. The molecule has 0 saturated carbocycles. The Morgan fingerprint density at radius 3 is 2.44 bits per heavy atom. The predicted octanol–water partition coefficient (Wildman–Crippen LogP) is 2.32. The van der Waals surface area contributed by atoms with Crippen molar-refractivity contribution in [1.29, 1.82) is 0 Å². The molecule has 4 heteroatoms. The van der Waals surface area contributed by atoms with Gasteiger partial charge < -0.3 is 5.11 Å². The highest BCUT2D eigenvalue weighted by atomic mass is 19.1. The first-order chi connectivity index (χ1) is 8.38. The number of halogens is 1. The van der Waals surface area contributed by atoms with E-state index in [1.54, 1.807) is 23.7 Å². The Balaban J connectivity index is 2.26. The standard InChI is InChI=1S/C14H17FN2O/c1-10-8-13(17(3)16-10)9-14(2,18)11-4-6-12(15)7-5-11/h4-8,18H,9H2,1-3H3. The minimum Gasteiger partial charge on any atom is -0.385 e. The lowest BCUT2D eigenvalue weighted by atomic mass is 9.91. The summed E-state index contributed by atoms with van der Waals surface area (Å²) in [5.41, 5.74) is 1.53.